The number of hydrogen-bond acceptors (Lipinski definition) is 18. The van der Waals surface area contributed by atoms with Crippen LogP contribution in [0.25, 0.3) is 22.3 Å². The SMILES string of the molecule is CC[C@@]1(O)C(=O)OCc2c1cc1n(c2=O)Cc2c-1nc1cc(F)c(C)c3c1c2[C@@H](NC(=O)OC(C(=O)NCCCCCN1C(=O)C=CC1=O)c1ccc(NC(=O)[C@H](CCCNC(N)=O)NC(=O)[C@@H](NC(=O)[C@H](CCC(=O)O)NC(=O)[C@H](CCC(=O)O)NC(C)=O)C(C)C)cc1)CC3. The number of urea groups is 1. The summed E-state index contributed by atoms with van der Waals surface area (Å²) in [5.41, 5.74) is 5.48. The van der Waals surface area contributed by atoms with Crippen molar-refractivity contribution in [3.63, 3.8) is 0 Å². The standard InChI is InChI=1S/C65H77FN12O19/c1-6-65(95)39-27-46-54-37(29-78(46)61(91)38(39)30-96-62(65)92)52-41(17-16-36-32(4)40(66)28-45(72-54)51(36)52)75-64(94)97-55(60(90)68-24-8-7-9-26-77-47(80)20-21-48(77)81)34-12-14-35(15-13-34)71-56(86)42(11-10-25-69-63(67)93)74-59(89)53(31(2)3)76-58(88)44(19-23-50(84)85)73-57(87)43(70-33(5)79)18-22-49(82)83/h12-15,20-21,27-28,31,41-44,53,55,95H,6-11,16-19,22-26,29-30H2,1-5H3,(H,68,90)(H,70,79)(H,71,86)(H,73,87)(H,74,89)(H,75,94)(H,76,88)(H,82,83)(H,84,85)(H3,67,69,93)/t41-,42-,43-,44-,53-,55?,65-/m0/s1. The van der Waals surface area contributed by atoms with Crippen LogP contribution in [0.4, 0.5) is 19.7 Å². The lowest BCUT2D eigenvalue weighted by Crippen LogP contribution is -2.59. The number of carbonyl (C=O) groups is 13. The molecule has 31 nitrogen and oxygen atoms in total. The van der Waals surface area contributed by atoms with Crippen molar-refractivity contribution >= 4 is 93.9 Å². The monoisotopic (exact) mass is 1350 g/mol. The Bertz CT molecular complexity index is 3930. The number of unbranched alkanes of at least 4 members (excludes halogenated alkanes) is 2. The van der Waals surface area contributed by atoms with Crippen LogP contribution in [0.1, 0.15) is 149 Å². The second kappa shape index (κ2) is 31.3. The third-order valence-electron chi connectivity index (χ3n) is 17.3. The maximum atomic E-state index is 15.8. The molecule has 13 N–H and O–H groups in total. The highest BCUT2D eigenvalue weighted by Gasteiger charge is 2.46. The number of nitrogens with zero attached hydrogens (tertiary/aromatic N) is 3. The van der Waals surface area contributed by atoms with E-state index < -0.39 is 162 Å². The summed E-state index contributed by atoms with van der Waals surface area (Å²) in [5.74, 6) is -11.0. The summed E-state index contributed by atoms with van der Waals surface area (Å²) in [5, 5.41) is 51.3. The van der Waals surface area contributed by atoms with Gasteiger partial charge >= 0.3 is 30.0 Å². The number of aliphatic hydroxyl groups is 1. The van der Waals surface area contributed by atoms with Crippen LogP contribution >= 0.6 is 0 Å². The maximum Gasteiger partial charge on any atom is 0.408 e. The summed E-state index contributed by atoms with van der Waals surface area (Å²) in [7, 11) is 0. The van der Waals surface area contributed by atoms with E-state index in [1.165, 1.54) is 53.1 Å². The van der Waals surface area contributed by atoms with Crippen LogP contribution in [0.5, 0.6) is 0 Å². The number of amides is 11. The van der Waals surface area contributed by atoms with Crippen molar-refractivity contribution in [1.82, 2.24) is 51.7 Å². The summed E-state index contributed by atoms with van der Waals surface area (Å²) in [6.07, 6.45) is -1.07. The van der Waals surface area contributed by atoms with E-state index in [0.29, 0.717) is 46.9 Å². The number of esters is 1. The van der Waals surface area contributed by atoms with E-state index in [0.717, 1.165) is 11.8 Å². The molecule has 1 aliphatic carbocycles. The predicted octanol–water partition coefficient (Wildman–Crippen LogP) is 1.93. The molecule has 11 amide bonds. The fourth-order valence-electron chi connectivity index (χ4n) is 12.2. The van der Waals surface area contributed by atoms with Gasteiger partial charge in [-0.25, -0.2) is 23.8 Å². The van der Waals surface area contributed by atoms with Gasteiger partial charge in [0.25, 0.3) is 23.3 Å². The molecule has 0 fully saturated rings. The zero-order valence-electron chi connectivity index (χ0n) is 53.9. The molecule has 0 saturated carbocycles. The molecule has 0 spiro atoms. The average Bonchev–Trinajstić information content (AvgIpc) is 1.60. The van der Waals surface area contributed by atoms with Gasteiger partial charge in [0.15, 0.2) is 5.60 Å². The van der Waals surface area contributed by atoms with Gasteiger partial charge in [-0.1, -0.05) is 32.9 Å². The largest absolute Gasteiger partial charge is 0.481 e. The number of aliphatic carboxylic acids is 2. The van der Waals surface area contributed by atoms with E-state index in [9.17, 15) is 82.4 Å². The number of fused-ring (bicyclic) bond motifs is 5. The maximum absolute atomic E-state index is 15.8. The first-order chi connectivity index (χ1) is 46.0. The zero-order chi connectivity index (χ0) is 70.7. The van der Waals surface area contributed by atoms with Crippen LogP contribution in [0.2, 0.25) is 0 Å². The molecule has 8 rings (SSSR count). The van der Waals surface area contributed by atoms with Gasteiger partial charge < -0.3 is 77.6 Å². The number of carboxylic acids is 2. The minimum Gasteiger partial charge on any atom is -0.481 e. The van der Waals surface area contributed by atoms with Crippen molar-refractivity contribution in [2.24, 2.45) is 11.7 Å². The number of halogens is 1. The number of nitrogens with two attached hydrogens (primary N) is 1. The fraction of sp³-hybridized carbons (Fsp3) is 0.462. The Kier molecular flexibility index (Phi) is 23.3. The number of benzene rings is 2. The number of aromatic nitrogens is 2. The van der Waals surface area contributed by atoms with E-state index >= 15 is 4.39 Å². The molecule has 2 aromatic carbocycles. The fourth-order valence-corrected chi connectivity index (χ4v) is 12.2. The zero-order valence-corrected chi connectivity index (χ0v) is 53.9. The molecule has 0 bridgehead atoms. The first kappa shape index (κ1) is 72.2. The summed E-state index contributed by atoms with van der Waals surface area (Å²) in [6.45, 7) is 7.01. The average molecular weight is 1350 g/mol. The molecular weight excluding hydrogens is 1270 g/mol. The van der Waals surface area contributed by atoms with Gasteiger partial charge in [-0.2, -0.15) is 0 Å². The molecule has 7 atom stereocenters. The van der Waals surface area contributed by atoms with Crippen LogP contribution in [0, 0.1) is 18.7 Å². The van der Waals surface area contributed by atoms with Gasteiger partial charge in [0.1, 0.15) is 36.6 Å². The number of aryl methyl sites for hydroxylation is 1. The normalized spacial score (nSPS) is 17.3. The first-order valence-electron chi connectivity index (χ1n) is 31.7. The van der Waals surface area contributed by atoms with E-state index in [4.69, 9.17) is 20.2 Å². The number of primary amides is 1. The van der Waals surface area contributed by atoms with E-state index in [1.807, 2.05) is 0 Å². The van der Waals surface area contributed by atoms with Gasteiger partial charge in [0, 0.05) is 85.4 Å². The van der Waals surface area contributed by atoms with Crippen LogP contribution in [0.15, 0.2) is 53.3 Å². The lowest BCUT2D eigenvalue weighted by atomic mass is 9.81. The molecule has 5 heterocycles. The Morgan fingerprint density at radius 1 is 0.773 bits per heavy atom. The van der Waals surface area contributed by atoms with Gasteiger partial charge in [-0.15, -0.1) is 0 Å². The number of hydrogen-bond donors (Lipinski definition) is 12. The highest BCUT2D eigenvalue weighted by atomic mass is 19.1. The van der Waals surface area contributed by atoms with Crippen molar-refractivity contribution in [3.8, 4) is 11.4 Å². The molecule has 0 saturated heterocycles. The lowest BCUT2D eigenvalue weighted by Gasteiger charge is -2.31. The first-order valence-corrected chi connectivity index (χ1v) is 31.7. The number of alkyl carbamates (subject to hydrolysis) is 1. The number of cyclic esters (lactones) is 1. The predicted molar refractivity (Wildman–Crippen MR) is 339 cm³/mol. The molecule has 0 radical (unpaired) electrons. The van der Waals surface area contributed by atoms with Crippen molar-refractivity contribution < 1.29 is 91.5 Å². The molecule has 4 aromatic rings. The number of pyridine rings is 2. The number of nitrogens with one attached hydrogen (secondary N) is 8. The van der Waals surface area contributed by atoms with Crippen molar-refractivity contribution in [2.45, 2.75) is 167 Å². The van der Waals surface area contributed by atoms with E-state index in [2.05, 4.69) is 42.5 Å². The van der Waals surface area contributed by atoms with E-state index in [1.54, 1.807) is 27.7 Å². The number of rotatable bonds is 31. The minimum atomic E-state index is -2.14. The molecule has 518 valence electrons. The number of carboxylic acid groups (broad SMARTS) is 2. The number of imide groups is 1. The van der Waals surface area contributed by atoms with Crippen LogP contribution in [-0.2, 0) is 87.4 Å². The topological polar surface area (TPSA) is 461 Å². The van der Waals surface area contributed by atoms with E-state index in [-0.39, 0.29) is 104 Å². The van der Waals surface area contributed by atoms with Crippen LogP contribution in [-0.4, -0.2) is 151 Å². The summed E-state index contributed by atoms with van der Waals surface area (Å²) < 4.78 is 28.4. The highest BCUT2D eigenvalue weighted by molar-refractivity contribution is 6.13. The molecule has 3 aliphatic heterocycles. The molecular formula is C65H77FN12O19. The molecule has 32 heteroatoms. The third kappa shape index (κ3) is 16.9. The van der Waals surface area contributed by atoms with Gasteiger partial charge in [-0.05, 0) is 112 Å². The highest BCUT2D eigenvalue weighted by Crippen LogP contribution is 2.46. The third-order valence-corrected chi connectivity index (χ3v) is 17.3. The molecule has 97 heavy (non-hydrogen) atoms. The van der Waals surface area contributed by atoms with Gasteiger partial charge in [0.05, 0.1) is 35.1 Å². The lowest BCUT2D eigenvalue weighted by molar-refractivity contribution is -0.172. The van der Waals surface area contributed by atoms with Crippen molar-refractivity contribution in [2.75, 3.05) is 25.0 Å². The second-order valence-electron chi connectivity index (χ2n) is 24.4. The Labute approximate surface area is 553 Å². The Balaban J connectivity index is 1.03. The van der Waals surface area contributed by atoms with Gasteiger partial charge in [-0.3, -0.25) is 57.6 Å². The molecule has 4 aliphatic rings. The Morgan fingerprint density at radius 2 is 1.40 bits per heavy atom. The van der Waals surface area contributed by atoms with Crippen LogP contribution < -0.4 is 53.8 Å². The summed E-state index contributed by atoms with van der Waals surface area (Å²) >= 11 is 0. The minimum absolute atomic E-state index is 0.0478. The number of ether oxygens (including phenoxy) is 2. The Morgan fingerprint density at radius 3 is 2.03 bits per heavy atom. The summed E-state index contributed by atoms with van der Waals surface area (Å²) in [4.78, 5) is 188. The van der Waals surface area contributed by atoms with Gasteiger partial charge in [0.2, 0.25) is 35.6 Å². The smallest absolute Gasteiger partial charge is 0.408 e. The Hall–Kier alpha value is -10.7. The van der Waals surface area contributed by atoms with Crippen molar-refractivity contribution in [3.05, 3.63) is 104 Å². The second-order valence-corrected chi connectivity index (χ2v) is 24.4. The number of anilines is 1. The van der Waals surface area contributed by atoms with Crippen LogP contribution in [0.3, 0.4) is 0 Å². The molecule has 2 aromatic heterocycles. The molecule has 1 unspecified atom stereocenters. The summed E-state index contributed by atoms with van der Waals surface area (Å²) in [6, 6.07) is 0.558. The quantitative estimate of drug-likeness (QED) is 0.0171. The van der Waals surface area contributed by atoms with Crippen molar-refractivity contribution in [1.29, 1.82) is 0 Å². The number of carbonyl (C=O) groups excluding carboxylic acids is 11.